The number of hydrogen-bond donors (Lipinski definition) is 0. The first-order valence-electron chi connectivity index (χ1n) is 11.5. The summed E-state index contributed by atoms with van der Waals surface area (Å²) < 4.78 is 20.6. The van der Waals surface area contributed by atoms with Gasteiger partial charge in [-0.15, -0.1) is 0 Å². The predicted octanol–water partition coefficient (Wildman–Crippen LogP) is 5.00. The van der Waals surface area contributed by atoms with Crippen LogP contribution < -0.4 is 20.0 Å². The zero-order valence-electron chi connectivity index (χ0n) is 19.2. The van der Waals surface area contributed by atoms with Gasteiger partial charge in [0.15, 0.2) is 11.4 Å². The van der Waals surface area contributed by atoms with E-state index in [9.17, 15) is 9.18 Å². The van der Waals surface area contributed by atoms with Crippen LogP contribution in [0, 0.1) is 5.82 Å². The number of anilines is 2. The second kappa shape index (κ2) is 9.17. The molecule has 2 aliphatic heterocycles. The van der Waals surface area contributed by atoms with Crippen molar-refractivity contribution in [3.05, 3.63) is 101 Å². The summed E-state index contributed by atoms with van der Waals surface area (Å²) in [7, 11) is 1.51. The molecule has 0 aliphatic carbocycles. The van der Waals surface area contributed by atoms with Crippen LogP contribution in [0.5, 0.6) is 5.75 Å². The Labute approximate surface area is 198 Å². The maximum Gasteiger partial charge on any atom is 0.251 e. The largest absolute Gasteiger partial charge is 0.491 e. The van der Waals surface area contributed by atoms with Gasteiger partial charge in [-0.3, -0.25) is 9.48 Å². The highest BCUT2D eigenvalue weighted by Crippen LogP contribution is 2.35. The van der Waals surface area contributed by atoms with Gasteiger partial charge in [-0.2, -0.15) is 5.10 Å². The van der Waals surface area contributed by atoms with Gasteiger partial charge in [0, 0.05) is 36.6 Å². The molecule has 0 amide bonds. The first-order chi connectivity index (χ1) is 16.5. The zero-order valence-corrected chi connectivity index (χ0v) is 19.2. The van der Waals surface area contributed by atoms with Gasteiger partial charge in [0.2, 0.25) is 0 Å². The van der Waals surface area contributed by atoms with Crippen molar-refractivity contribution in [1.82, 2.24) is 9.78 Å². The molecule has 5 rings (SSSR count). The topological polar surface area (TPSA) is 50.6 Å². The van der Waals surface area contributed by atoms with Gasteiger partial charge in [0.1, 0.15) is 5.82 Å². The molecular weight excluding hydrogens is 431 g/mol. The number of nitrogens with zero attached hydrogens (tertiary/aromatic N) is 4. The Hall–Kier alpha value is -3.87. The Morgan fingerprint density at radius 1 is 1.03 bits per heavy atom. The highest BCUT2D eigenvalue weighted by molar-refractivity contribution is 5.84. The number of halogens is 1. The Morgan fingerprint density at radius 3 is 2.41 bits per heavy atom. The van der Waals surface area contributed by atoms with Crippen molar-refractivity contribution < 1.29 is 9.13 Å². The molecule has 6 nitrogen and oxygen atoms in total. The minimum atomic E-state index is -0.232. The third kappa shape index (κ3) is 4.09. The molecular formula is C27H27FN4O2. The van der Waals surface area contributed by atoms with Crippen LogP contribution in [-0.4, -0.2) is 30.0 Å². The van der Waals surface area contributed by atoms with Gasteiger partial charge in [-0.05, 0) is 49.2 Å². The summed E-state index contributed by atoms with van der Waals surface area (Å²) in [5.41, 5.74) is 3.72. The molecule has 1 fully saturated rings. The van der Waals surface area contributed by atoms with E-state index in [1.807, 2.05) is 58.1 Å². The molecule has 0 N–H and O–H groups in total. The molecule has 0 radical (unpaired) electrons. The number of methoxy groups -OCH3 is 1. The van der Waals surface area contributed by atoms with E-state index >= 15 is 0 Å². The smallest absolute Gasteiger partial charge is 0.251 e. The summed E-state index contributed by atoms with van der Waals surface area (Å²) in [6.45, 7) is 5.83. The van der Waals surface area contributed by atoms with Crippen molar-refractivity contribution in [3.8, 4) is 5.75 Å². The maximum absolute atomic E-state index is 13.3. The minimum Gasteiger partial charge on any atom is -0.491 e. The fourth-order valence-corrected chi connectivity index (χ4v) is 4.69. The molecule has 1 aromatic heterocycles. The molecule has 3 heterocycles. The highest BCUT2D eigenvalue weighted by Gasteiger charge is 2.28. The van der Waals surface area contributed by atoms with Gasteiger partial charge < -0.3 is 14.5 Å². The van der Waals surface area contributed by atoms with Crippen LogP contribution in [0.2, 0.25) is 0 Å². The number of rotatable bonds is 5. The van der Waals surface area contributed by atoms with E-state index in [4.69, 9.17) is 9.84 Å². The SMILES string of the molecule is C=C1CC=C(c2nn(C3CCN(c4ccc(F)cc4)CC3)cc(OC)c2=O)N1c1ccccc1. The lowest BCUT2D eigenvalue weighted by atomic mass is 10.0. The number of para-hydroxylation sites is 1. The molecule has 0 atom stereocenters. The normalized spacial score (nSPS) is 16.6. The van der Waals surface area contributed by atoms with Crippen molar-refractivity contribution in [2.24, 2.45) is 0 Å². The van der Waals surface area contributed by atoms with Crippen LogP contribution in [-0.2, 0) is 0 Å². The van der Waals surface area contributed by atoms with Crippen molar-refractivity contribution in [1.29, 1.82) is 0 Å². The number of piperidine rings is 1. The number of benzene rings is 2. The van der Waals surface area contributed by atoms with E-state index in [0.29, 0.717) is 12.1 Å². The van der Waals surface area contributed by atoms with Crippen molar-refractivity contribution in [2.75, 3.05) is 30.0 Å². The summed E-state index contributed by atoms with van der Waals surface area (Å²) >= 11 is 0. The molecule has 174 valence electrons. The van der Waals surface area contributed by atoms with E-state index < -0.39 is 0 Å². The molecule has 1 saturated heterocycles. The highest BCUT2D eigenvalue weighted by atomic mass is 19.1. The zero-order chi connectivity index (χ0) is 23.7. The first kappa shape index (κ1) is 21.9. The quantitative estimate of drug-likeness (QED) is 0.539. The van der Waals surface area contributed by atoms with Crippen LogP contribution in [0.15, 0.2) is 83.9 Å². The average molecular weight is 459 g/mol. The molecule has 0 spiro atoms. The fourth-order valence-electron chi connectivity index (χ4n) is 4.69. The maximum atomic E-state index is 13.3. The molecule has 34 heavy (non-hydrogen) atoms. The predicted molar refractivity (Wildman–Crippen MR) is 133 cm³/mol. The van der Waals surface area contributed by atoms with E-state index in [-0.39, 0.29) is 23.0 Å². The molecule has 3 aromatic rings. The van der Waals surface area contributed by atoms with Crippen LogP contribution in [0.3, 0.4) is 0 Å². The van der Waals surface area contributed by atoms with Crippen LogP contribution >= 0.6 is 0 Å². The monoisotopic (exact) mass is 458 g/mol. The van der Waals surface area contributed by atoms with Crippen molar-refractivity contribution in [3.63, 3.8) is 0 Å². The van der Waals surface area contributed by atoms with Crippen LogP contribution in [0.4, 0.5) is 15.8 Å². The van der Waals surface area contributed by atoms with E-state index in [2.05, 4.69) is 11.5 Å². The summed E-state index contributed by atoms with van der Waals surface area (Å²) in [5.74, 6) is 0.0431. The van der Waals surface area contributed by atoms with Gasteiger partial charge in [-0.1, -0.05) is 30.9 Å². The molecule has 2 aliphatic rings. The van der Waals surface area contributed by atoms with E-state index in [1.165, 1.54) is 19.2 Å². The summed E-state index contributed by atoms with van der Waals surface area (Å²) in [6.07, 6.45) is 6.06. The third-order valence-electron chi connectivity index (χ3n) is 6.50. The van der Waals surface area contributed by atoms with Gasteiger partial charge in [0.25, 0.3) is 5.43 Å². The van der Waals surface area contributed by atoms with Crippen molar-refractivity contribution >= 4 is 17.1 Å². The lowest BCUT2D eigenvalue weighted by Gasteiger charge is -2.34. The summed E-state index contributed by atoms with van der Waals surface area (Å²) in [4.78, 5) is 17.5. The van der Waals surface area contributed by atoms with Crippen molar-refractivity contribution in [2.45, 2.75) is 25.3 Å². The standard InChI is InChI=1S/C27H27FN4O2/c1-19-8-13-24(32(19)23-6-4-3-5-7-23)26-27(33)25(34-2)18-31(29-26)22-14-16-30(17-15-22)21-11-9-20(28)10-12-21/h3-7,9-13,18,22H,1,8,14-17H2,2H3. The molecule has 2 aromatic carbocycles. The molecule has 0 bridgehead atoms. The Kier molecular flexibility index (Phi) is 5.92. The van der Waals surface area contributed by atoms with Crippen LogP contribution in [0.1, 0.15) is 31.0 Å². The summed E-state index contributed by atoms with van der Waals surface area (Å²) in [5, 5.41) is 4.81. The Bertz CT molecular complexity index is 1280. The average Bonchev–Trinajstić information content (AvgIpc) is 3.26. The molecule has 0 unspecified atom stereocenters. The van der Waals surface area contributed by atoms with E-state index in [1.54, 1.807) is 6.20 Å². The number of ether oxygens (including phenoxy) is 1. The number of aromatic nitrogens is 2. The minimum absolute atomic E-state index is 0.125. The van der Waals surface area contributed by atoms with Gasteiger partial charge >= 0.3 is 0 Å². The second-order valence-corrected chi connectivity index (χ2v) is 8.58. The van der Waals surface area contributed by atoms with E-state index in [0.717, 1.165) is 48.7 Å². The lowest BCUT2D eigenvalue weighted by molar-refractivity contribution is 0.344. The second-order valence-electron chi connectivity index (χ2n) is 8.58. The molecule has 0 saturated carbocycles. The van der Waals surface area contributed by atoms with Crippen LogP contribution in [0.25, 0.3) is 5.70 Å². The van der Waals surface area contributed by atoms with Gasteiger partial charge in [0.05, 0.1) is 25.0 Å². The van der Waals surface area contributed by atoms with Gasteiger partial charge in [-0.25, -0.2) is 4.39 Å². The number of allylic oxidation sites excluding steroid dienone is 1. The Morgan fingerprint density at radius 2 is 1.74 bits per heavy atom. The number of hydrogen-bond acceptors (Lipinski definition) is 5. The fraction of sp³-hybridized carbons (Fsp3) is 0.259. The lowest BCUT2D eigenvalue weighted by Crippen LogP contribution is -2.36. The summed E-state index contributed by atoms with van der Waals surface area (Å²) in [6, 6.07) is 16.6. The molecule has 7 heteroatoms. The first-order valence-corrected chi connectivity index (χ1v) is 11.5. The third-order valence-corrected chi connectivity index (χ3v) is 6.50. The Balaban J connectivity index is 1.44.